The summed E-state index contributed by atoms with van der Waals surface area (Å²) in [6, 6.07) is 10.9. The van der Waals surface area contributed by atoms with Gasteiger partial charge in [0.15, 0.2) is 0 Å². The number of rotatable bonds is 5. The molecule has 1 saturated carbocycles. The van der Waals surface area contributed by atoms with Crippen molar-refractivity contribution in [1.29, 1.82) is 0 Å². The van der Waals surface area contributed by atoms with Gasteiger partial charge in [-0.2, -0.15) is 0 Å². The molecule has 0 bridgehead atoms. The van der Waals surface area contributed by atoms with E-state index in [1.165, 1.54) is 44.9 Å². The van der Waals surface area contributed by atoms with Gasteiger partial charge in [0.25, 0.3) is 5.91 Å². The van der Waals surface area contributed by atoms with Crippen molar-refractivity contribution in [2.24, 2.45) is 0 Å². The maximum atomic E-state index is 13.1. The van der Waals surface area contributed by atoms with Gasteiger partial charge in [0, 0.05) is 18.8 Å². The third kappa shape index (κ3) is 4.84. The van der Waals surface area contributed by atoms with Crippen LogP contribution in [0.2, 0.25) is 0 Å². The highest BCUT2D eigenvalue weighted by Gasteiger charge is 2.34. The standard InChI is InChI=1S/C24H32N4O/c1-18-25-17-21(24(29)26-16-19-10-4-2-5-11-19)23(27-18)22-14-8-9-15-28(22)20-12-6-3-7-13-20/h2,4-5,10-11,17,20,22H,3,6-9,12-16H2,1H3,(H,26,29)/t22-/m0/s1. The van der Waals surface area contributed by atoms with Crippen molar-refractivity contribution in [3.63, 3.8) is 0 Å². The number of nitrogens with one attached hydrogen (secondary N) is 1. The van der Waals surface area contributed by atoms with Crippen molar-refractivity contribution in [1.82, 2.24) is 20.2 Å². The largest absolute Gasteiger partial charge is 0.348 e. The van der Waals surface area contributed by atoms with Crippen LogP contribution in [-0.4, -0.2) is 33.4 Å². The normalized spacial score (nSPS) is 21.1. The zero-order chi connectivity index (χ0) is 20.1. The van der Waals surface area contributed by atoms with Crippen LogP contribution in [0.15, 0.2) is 36.5 Å². The number of piperidine rings is 1. The molecule has 2 aromatic rings. The molecular formula is C24H32N4O. The number of likely N-dealkylation sites (tertiary alicyclic amines) is 1. The van der Waals surface area contributed by atoms with Gasteiger partial charge in [0.05, 0.1) is 17.3 Å². The fourth-order valence-corrected chi connectivity index (χ4v) is 4.89. The highest BCUT2D eigenvalue weighted by molar-refractivity contribution is 5.95. The van der Waals surface area contributed by atoms with Gasteiger partial charge in [-0.3, -0.25) is 9.69 Å². The van der Waals surface area contributed by atoms with Gasteiger partial charge >= 0.3 is 0 Å². The average Bonchev–Trinajstić information content (AvgIpc) is 2.79. The van der Waals surface area contributed by atoms with E-state index in [1.54, 1.807) is 6.20 Å². The lowest BCUT2D eigenvalue weighted by Crippen LogP contribution is -2.43. The molecule has 1 aromatic heterocycles. The maximum Gasteiger partial charge on any atom is 0.255 e. The molecule has 1 N–H and O–H groups in total. The Morgan fingerprint density at radius 1 is 1.07 bits per heavy atom. The van der Waals surface area contributed by atoms with Crippen LogP contribution in [0, 0.1) is 6.92 Å². The summed E-state index contributed by atoms with van der Waals surface area (Å²) in [5, 5.41) is 3.07. The quantitative estimate of drug-likeness (QED) is 0.809. The molecule has 0 unspecified atom stereocenters. The van der Waals surface area contributed by atoms with Crippen molar-refractivity contribution < 1.29 is 4.79 Å². The molecule has 0 spiro atoms. The first-order valence-corrected chi connectivity index (χ1v) is 11.1. The number of hydrogen-bond acceptors (Lipinski definition) is 4. The Balaban J connectivity index is 1.57. The van der Waals surface area contributed by atoms with Crippen LogP contribution in [0.3, 0.4) is 0 Å². The smallest absolute Gasteiger partial charge is 0.255 e. The van der Waals surface area contributed by atoms with Crippen molar-refractivity contribution in [2.45, 2.75) is 76.9 Å². The van der Waals surface area contributed by atoms with E-state index in [4.69, 9.17) is 4.98 Å². The van der Waals surface area contributed by atoms with Crippen molar-refractivity contribution >= 4 is 5.91 Å². The summed E-state index contributed by atoms with van der Waals surface area (Å²) in [7, 11) is 0. The fraction of sp³-hybridized carbons (Fsp3) is 0.542. The van der Waals surface area contributed by atoms with Gasteiger partial charge in [0.2, 0.25) is 0 Å². The predicted molar refractivity (Wildman–Crippen MR) is 115 cm³/mol. The van der Waals surface area contributed by atoms with Crippen LogP contribution in [0.4, 0.5) is 0 Å². The summed E-state index contributed by atoms with van der Waals surface area (Å²) in [5.74, 6) is 0.673. The van der Waals surface area contributed by atoms with E-state index in [0.717, 1.165) is 30.0 Å². The molecule has 4 rings (SSSR count). The SMILES string of the molecule is Cc1ncc(C(=O)NCc2ccccc2)c([C@@H]2CCCCN2C2CCCCC2)n1. The van der Waals surface area contributed by atoms with E-state index in [9.17, 15) is 4.79 Å². The lowest BCUT2D eigenvalue weighted by Gasteiger charge is -2.43. The average molecular weight is 393 g/mol. The fourth-order valence-electron chi connectivity index (χ4n) is 4.89. The van der Waals surface area contributed by atoms with Gasteiger partial charge in [-0.1, -0.05) is 56.0 Å². The molecule has 5 heteroatoms. The molecule has 2 heterocycles. The number of aromatic nitrogens is 2. The number of amides is 1. The first-order chi connectivity index (χ1) is 14.2. The summed E-state index contributed by atoms with van der Waals surface area (Å²) in [6.07, 6.45) is 11.8. The van der Waals surface area contributed by atoms with Crippen LogP contribution in [0.5, 0.6) is 0 Å². The first kappa shape index (κ1) is 20.0. The van der Waals surface area contributed by atoms with Crippen LogP contribution in [0.1, 0.15) is 84.8 Å². The summed E-state index contributed by atoms with van der Waals surface area (Å²) >= 11 is 0. The highest BCUT2D eigenvalue weighted by Crippen LogP contribution is 2.37. The molecule has 1 atom stereocenters. The van der Waals surface area contributed by atoms with Crippen LogP contribution in [-0.2, 0) is 6.54 Å². The Morgan fingerprint density at radius 2 is 1.83 bits per heavy atom. The molecule has 2 fully saturated rings. The Morgan fingerprint density at radius 3 is 2.62 bits per heavy atom. The van der Waals surface area contributed by atoms with Gasteiger partial charge in [0.1, 0.15) is 5.82 Å². The van der Waals surface area contributed by atoms with Gasteiger partial charge in [-0.05, 0) is 44.7 Å². The van der Waals surface area contributed by atoms with E-state index < -0.39 is 0 Å². The van der Waals surface area contributed by atoms with Crippen molar-refractivity contribution in [3.8, 4) is 0 Å². The number of aryl methyl sites for hydroxylation is 1. The molecule has 0 radical (unpaired) electrons. The van der Waals surface area contributed by atoms with E-state index in [0.29, 0.717) is 18.2 Å². The minimum atomic E-state index is -0.0713. The molecule has 154 valence electrons. The zero-order valence-electron chi connectivity index (χ0n) is 17.4. The van der Waals surface area contributed by atoms with Gasteiger partial charge in [-0.25, -0.2) is 9.97 Å². The molecule has 1 aliphatic carbocycles. The van der Waals surface area contributed by atoms with E-state index >= 15 is 0 Å². The van der Waals surface area contributed by atoms with E-state index in [2.05, 4.69) is 15.2 Å². The van der Waals surface area contributed by atoms with Gasteiger partial charge < -0.3 is 5.32 Å². The number of nitrogens with zero attached hydrogens (tertiary/aromatic N) is 3. The van der Waals surface area contributed by atoms with E-state index in [1.807, 2.05) is 37.3 Å². The van der Waals surface area contributed by atoms with Crippen LogP contribution in [0.25, 0.3) is 0 Å². The summed E-state index contributed by atoms with van der Waals surface area (Å²) in [6.45, 7) is 3.55. The Hall–Kier alpha value is -2.27. The van der Waals surface area contributed by atoms with E-state index in [-0.39, 0.29) is 11.9 Å². The van der Waals surface area contributed by atoms with Crippen molar-refractivity contribution in [3.05, 3.63) is 59.2 Å². The third-order valence-corrected chi connectivity index (χ3v) is 6.38. The number of benzene rings is 1. The summed E-state index contributed by atoms with van der Waals surface area (Å²) in [4.78, 5) is 24.9. The first-order valence-electron chi connectivity index (χ1n) is 11.1. The molecule has 2 aliphatic rings. The Bertz CT molecular complexity index is 817. The summed E-state index contributed by atoms with van der Waals surface area (Å²) in [5.41, 5.74) is 2.66. The van der Waals surface area contributed by atoms with Gasteiger partial charge in [-0.15, -0.1) is 0 Å². The molecule has 1 aromatic carbocycles. The number of carbonyl (C=O) groups excluding carboxylic acids is 1. The second-order valence-corrected chi connectivity index (χ2v) is 8.43. The maximum absolute atomic E-state index is 13.1. The lowest BCUT2D eigenvalue weighted by molar-refractivity contribution is 0.0684. The minimum Gasteiger partial charge on any atom is -0.348 e. The Kier molecular flexibility index (Phi) is 6.55. The predicted octanol–water partition coefficient (Wildman–Crippen LogP) is 4.57. The second kappa shape index (κ2) is 9.49. The molecule has 1 aliphatic heterocycles. The highest BCUT2D eigenvalue weighted by atomic mass is 16.1. The molecule has 29 heavy (non-hydrogen) atoms. The molecule has 1 amide bonds. The second-order valence-electron chi connectivity index (χ2n) is 8.43. The third-order valence-electron chi connectivity index (χ3n) is 6.38. The zero-order valence-corrected chi connectivity index (χ0v) is 17.4. The van der Waals surface area contributed by atoms with Crippen LogP contribution >= 0.6 is 0 Å². The lowest BCUT2D eigenvalue weighted by atomic mass is 9.88. The molecular weight excluding hydrogens is 360 g/mol. The number of hydrogen-bond donors (Lipinski definition) is 1. The summed E-state index contributed by atoms with van der Waals surface area (Å²) < 4.78 is 0. The molecule has 1 saturated heterocycles. The van der Waals surface area contributed by atoms with Crippen LogP contribution < -0.4 is 5.32 Å². The monoisotopic (exact) mass is 392 g/mol. The topological polar surface area (TPSA) is 58.1 Å². The Labute approximate surface area is 173 Å². The van der Waals surface area contributed by atoms with Crippen molar-refractivity contribution in [2.75, 3.05) is 6.54 Å². The number of carbonyl (C=O) groups is 1. The molecule has 5 nitrogen and oxygen atoms in total. The minimum absolute atomic E-state index is 0.0713.